The largest absolute Gasteiger partial charge is 0.443 e. The predicted octanol–water partition coefficient (Wildman–Crippen LogP) is 3.51. The summed E-state index contributed by atoms with van der Waals surface area (Å²) < 4.78 is 10.9. The summed E-state index contributed by atoms with van der Waals surface area (Å²) in [4.78, 5) is 18.7. The second-order valence-electron chi connectivity index (χ2n) is 6.63. The highest BCUT2D eigenvalue weighted by Crippen LogP contribution is 2.27. The van der Waals surface area contributed by atoms with Gasteiger partial charge in [-0.3, -0.25) is 4.90 Å². The third-order valence-electron chi connectivity index (χ3n) is 3.45. The first-order valence-corrected chi connectivity index (χ1v) is 8.08. The lowest BCUT2D eigenvalue weighted by Gasteiger charge is -2.31. The maximum absolute atomic E-state index is 12.4. The predicted molar refractivity (Wildman–Crippen MR) is 90.9 cm³/mol. The molecule has 0 saturated heterocycles. The van der Waals surface area contributed by atoms with Crippen LogP contribution in [0.2, 0.25) is 0 Å². The van der Waals surface area contributed by atoms with Crippen molar-refractivity contribution in [2.24, 2.45) is 0 Å². The summed E-state index contributed by atoms with van der Waals surface area (Å²) in [5.74, 6) is 0.728. The molecule has 0 aliphatic carbocycles. The van der Waals surface area contributed by atoms with Crippen LogP contribution in [0, 0.1) is 0 Å². The summed E-state index contributed by atoms with van der Waals surface area (Å²) in [6.07, 6.45) is 3.98. The van der Waals surface area contributed by atoms with Crippen LogP contribution in [0.1, 0.15) is 38.4 Å². The number of nitrogens with zero attached hydrogens (tertiary/aromatic N) is 2. The Labute approximate surface area is 138 Å². The molecular weight excluding hydrogens is 292 g/mol. The van der Waals surface area contributed by atoms with Gasteiger partial charge in [0.05, 0.1) is 13.2 Å². The zero-order valence-corrected chi connectivity index (χ0v) is 14.3. The van der Waals surface area contributed by atoms with E-state index < -0.39 is 5.60 Å². The number of carbonyl (C=O) groups excluding carboxylic acids is 1. The molecule has 1 aromatic heterocycles. The number of hydrogen-bond donors (Lipinski definition) is 0. The molecule has 1 aliphatic heterocycles. The van der Waals surface area contributed by atoms with Crippen molar-refractivity contribution in [3.8, 4) is 0 Å². The molecule has 5 heteroatoms. The van der Waals surface area contributed by atoms with E-state index in [-0.39, 0.29) is 6.09 Å². The Morgan fingerprint density at radius 3 is 2.91 bits per heavy atom. The monoisotopic (exact) mass is 318 g/mol. The molecule has 0 saturated carbocycles. The van der Waals surface area contributed by atoms with Gasteiger partial charge in [-0.25, -0.2) is 9.78 Å². The van der Waals surface area contributed by atoms with Crippen LogP contribution in [-0.4, -0.2) is 36.4 Å². The van der Waals surface area contributed by atoms with Gasteiger partial charge in [-0.05, 0) is 45.2 Å². The van der Waals surface area contributed by atoms with Crippen molar-refractivity contribution < 1.29 is 14.3 Å². The summed E-state index contributed by atoms with van der Waals surface area (Å²) >= 11 is 0. The lowest BCUT2D eigenvalue weighted by molar-refractivity contribution is 0.0576. The van der Waals surface area contributed by atoms with E-state index in [4.69, 9.17) is 9.47 Å². The van der Waals surface area contributed by atoms with Crippen LogP contribution < -0.4 is 4.90 Å². The van der Waals surface area contributed by atoms with Crippen molar-refractivity contribution in [2.45, 2.75) is 45.6 Å². The van der Waals surface area contributed by atoms with Crippen LogP contribution in [0.15, 0.2) is 24.8 Å². The normalized spacial score (nSPS) is 14.3. The van der Waals surface area contributed by atoms with Gasteiger partial charge in [0.2, 0.25) is 0 Å². The van der Waals surface area contributed by atoms with Gasteiger partial charge >= 0.3 is 6.09 Å². The topological polar surface area (TPSA) is 51.7 Å². The average Bonchev–Trinajstić information content (AvgIpc) is 2.49. The molecule has 0 atom stereocenters. The van der Waals surface area contributed by atoms with Crippen molar-refractivity contribution in [3.05, 3.63) is 36.0 Å². The molecule has 0 N–H and O–H groups in total. The van der Waals surface area contributed by atoms with Crippen LogP contribution in [0.25, 0.3) is 0 Å². The summed E-state index contributed by atoms with van der Waals surface area (Å²) in [6.45, 7) is 11.0. The third kappa shape index (κ3) is 5.06. The number of amides is 1. The van der Waals surface area contributed by atoms with Crippen molar-refractivity contribution >= 4 is 11.9 Å². The van der Waals surface area contributed by atoms with Crippen molar-refractivity contribution in [2.75, 3.05) is 24.7 Å². The molecule has 126 valence electrons. The van der Waals surface area contributed by atoms with Crippen LogP contribution in [0.3, 0.4) is 0 Å². The van der Waals surface area contributed by atoms with E-state index in [0.29, 0.717) is 26.2 Å². The molecule has 23 heavy (non-hydrogen) atoms. The Bertz CT molecular complexity index is 564. The van der Waals surface area contributed by atoms with Crippen molar-refractivity contribution in [3.63, 3.8) is 0 Å². The van der Waals surface area contributed by atoms with Gasteiger partial charge in [-0.2, -0.15) is 0 Å². The molecule has 2 rings (SSSR count). The van der Waals surface area contributed by atoms with Crippen molar-refractivity contribution in [1.82, 2.24) is 4.98 Å². The lowest BCUT2D eigenvalue weighted by Crippen LogP contribution is -2.40. The molecule has 0 radical (unpaired) electrons. The first kappa shape index (κ1) is 17.5. The maximum atomic E-state index is 12.4. The number of fused-ring (bicyclic) bond motifs is 1. The summed E-state index contributed by atoms with van der Waals surface area (Å²) in [5.41, 5.74) is 1.51. The van der Waals surface area contributed by atoms with E-state index in [1.165, 1.54) is 0 Å². The fourth-order valence-electron chi connectivity index (χ4n) is 2.46. The summed E-state index contributed by atoms with van der Waals surface area (Å²) in [5, 5.41) is 0. The quantitative estimate of drug-likeness (QED) is 0.616. The summed E-state index contributed by atoms with van der Waals surface area (Å²) in [6, 6.07) is 4.07. The number of carbonyl (C=O) groups is 1. The lowest BCUT2D eigenvalue weighted by atomic mass is 10.1. The highest BCUT2D eigenvalue weighted by molar-refractivity contribution is 5.88. The zero-order chi connectivity index (χ0) is 16.9. The second-order valence-corrected chi connectivity index (χ2v) is 6.63. The Morgan fingerprint density at radius 1 is 1.43 bits per heavy atom. The number of hydrogen-bond acceptors (Lipinski definition) is 4. The fraction of sp³-hybridized carbons (Fsp3) is 0.556. The van der Waals surface area contributed by atoms with E-state index in [0.717, 1.165) is 29.9 Å². The van der Waals surface area contributed by atoms with Gasteiger partial charge in [-0.1, -0.05) is 12.1 Å². The van der Waals surface area contributed by atoms with Gasteiger partial charge in [0.15, 0.2) is 0 Å². The molecule has 2 heterocycles. The second kappa shape index (κ2) is 7.59. The molecular formula is C18H26N2O3. The summed E-state index contributed by atoms with van der Waals surface area (Å²) in [7, 11) is 0. The molecule has 5 nitrogen and oxygen atoms in total. The smallest absolute Gasteiger partial charge is 0.416 e. The van der Waals surface area contributed by atoms with Gasteiger partial charge in [-0.15, -0.1) is 6.58 Å². The van der Waals surface area contributed by atoms with Crippen LogP contribution in [0.5, 0.6) is 0 Å². The minimum Gasteiger partial charge on any atom is -0.443 e. The molecule has 1 aliphatic rings. The third-order valence-corrected chi connectivity index (χ3v) is 3.45. The molecule has 0 aromatic carbocycles. The minimum atomic E-state index is -0.509. The number of aryl methyl sites for hydroxylation is 1. The van der Waals surface area contributed by atoms with Crippen molar-refractivity contribution in [1.29, 1.82) is 0 Å². The Balaban J connectivity index is 2.12. The number of anilines is 1. The highest BCUT2D eigenvalue weighted by Gasteiger charge is 2.28. The fourth-order valence-corrected chi connectivity index (χ4v) is 2.46. The Hall–Kier alpha value is -1.88. The SMILES string of the molecule is C=CCOCCc1ccc2c(n1)N(C(=O)OC(C)(C)C)CCC2. The van der Waals surface area contributed by atoms with Gasteiger partial charge < -0.3 is 9.47 Å². The van der Waals surface area contributed by atoms with E-state index in [9.17, 15) is 4.79 Å². The number of rotatable bonds is 5. The van der Waals surface area contributed by atoms with Gasteiger partial charge in [0.25, 0.3) is 0 Å². The molecule has 0 bridgehead atoms. The highest BCUT2D eigenvalue weighted by atomic mass is 16.6. The minimum absolute atomic E-state index is 0.328. The Morgan fingerprint density at radius 2 is 2.22 bits per heavy atom. The van der Waals surface area contributed by atoms with E-state index in [1.54, 1.807) is 11.0 Å². The van der Waals surface area contributed by atoms with E-state index in [1.807, 2.05) is 26.8 Å². The average molecular weight is 318 g/mol. The standard InChI is InChI=1S/C18H26N2O3/c1-5-12-22-13-10-15-9-8-14-7-6-11-20(16(14)19-15)17(21)23-18(2,3)4/h5,8-9H,1,6-7,10-13H2,2-4H3. The first-order valence-electron chi connectivity index (χ1n) is 8.08. The van der Waals surface area contributed by atoms with E-state index >= 15 is 0 Å². The van der Waals surface area contributed by atoms with E-state index in [2.05, 4.69) is 17.6 Å². The molecule has 0 fully saturated rings. The van der Waals surface area contributed by atoms with Crippen LogP contribution in [0.4, 0.5) is 10.6 Å². The number of aromatic nitrogens is 1. The molecule has 0 spiro atoms. The van der Waals surface area contributed by atoms with Crippen LogP contribution in [-0.2, 0) is 22.3 Å². The Kier molecular flexibility index (Phi) is 5.77. The van der Waals surface area contributed by atoms with Gasteiger partial charge in [0.1, 0.15) is 11.4 Å². The first-order chi connectivity index (χ1) is 10.9. The molecule has 0 unspecified atom stereocenters. The van der Waals surface area contributed by atoms with Gasteiger partial charge in [0, 0.05) is 18.7 Å². The van der Waals surface area contributed by atoms with Crippen LogP contribution >= 0.6 is 0 Å². The molecule has 1 aromatic rings. The molecule has 1 amide bonds. The zero-order valence-electron chi connectivity index (χ0n) is 14.3. The number of ether oxygens (including phenoxy) is 2. The maximum Gasteiger partial charge on any atom is 0.416 e. The number of pyridine rings is 1.